The van der Waals surface area contributed by atoms with E-state index in [9.17, 15) is 9.90 Å². The summed E-state index contributed by atoms with van der Waals surface area (Å²) in [4.78, 5) is 11.2. The Labute approximate surface area is 105 Å². The number of fused-ring (bicyclic) bond motifs is 3. The van der Waals surface area contributed by atoms with Gasteiger partial charge in [-0.3, -0.25) is 4.68 Å². The van der Waals surface area contributed by atoms with Gasteiger partial charge in [0.05, 0.1) is 5.69 Å². The summed E-state index contributed by atoms with van der Waals surface area (Å²) in [7, 11) is 0. The minimum Gasteiger partial charge on any atom is -0.476 e. The molecule has 0 atom stereocenters. The lowest BCUT2D eigenvalue weighted by Gasteiger charge is -2.17. The van der Waals surface area contributed by atoms with Gasteiger partial charge in [-0.05, 0) is 25.3 Å². The van der Waals surface area contributed by atoms with Crippen LogP contribution in [0.4, 0.5) is 0 Å². The van der Waals surface area contributed by atoms with E-state index in [1.807, 2.05) is 25.1 Å². The number of carbonyl (C=O) groups is 1. The molecule has 1 heterocycles. The number of hydrogen-bond acceptors (Lipinski definition) is 2. The topological polar surface area (TPSA) is 55.1 Å². The van der Waals surface area contributed by atoms with Gasteiger partial charge in [0.1, 0.15) is 0 Å². The molecule has 0 saturated heterocycles. The fraction of sp³-hybridized carbons (Fsp3) is 0.286. The van der Waals surface area contributed by atoms with Crippen molar-refractivity contribution in [1.29, 1.82) is 0 Å². The van der Waals surface area contributed by atoms with Crippen LogP contribution in [0.2, 0.25) is 0 Å². The Kier molecular flexibility index (Phi) is 2.44. The number of benzene rings is 1. The molecule has 1 aliphatic carbocycles. The Morgan fingerprint density at radius 2 is 2.17 bits per heavy atom. The van der Waals surface area contributed by atoms with E-state index in [0.29, 0.717) is 6.54 Å². The van der Waals surface area contributed by atoms with Crippen LogP contribution in [-0.4, -0.2) is 20.9 Å². The molecule has 18 heavy (non-hydrogen) atoms. The van der Waals surface area contributed by atoms with Gasteiger partial charge in [-0.15, -0.1) is 0 Å². The molecule has 0 fully saturated rings. The molecule has 4 heteroatoms. The molecular formula is C14H14N2O2. The Hall–Kier alpha value is -2.10. The zero-order chi connectivity index (χ0) is 12.7. The number of aromatic carboxylic acids is 1. The third kappa shape index (κ3) is 1.45. The molecule has 1 aromatic carbocycles. The van der Waals surface area contributed by atoms with E-state index in [4.69, 9.17) is 0 Å². The first-order valence-corrected chi connectivity index (χ1v) is 6.13. The molecule has 0 saturated carbocycles. The summed E-state index contributed by atoms with van der Waals surface area (Å²) in [5.41, 5.74) is 4.47. The Bertz CT molecular complexity index is 629. The van der Waals surface area contributed by atoms with Gasteiger partial charge in [-0.25, -0.2) is 4.79 Å². The van der Waals surface area contributed by atoms with Gasteiger partial charge < -0.3 is 5.11 Å². The van der Waals surface area contributed by atoms with E-state index in [2.05, 4.69) is 11.2 Å². The van der Waals surface area contributed by atoms with Gasteiger partial charge in [0.25, 0.3) is 0 Å². The lowest BCUT2D eigenvalue weighted by molar-refractivity contribution is 0.0688. The van der Waals surface area contributed by atoms with Crippen LogP contribution in [0.15, 0.2) is 24.3 Å². The second-order valence-electron chi connectivity index (χ2n) is 4.45. The second-order valence-corrected chi connectivity index (χ2v) is 4.45. The molecule has 92 valence electrons. The maximum Gasteiger partial charge on any atom is 0.356 e. The van der Waals surface area contributed by atoms with Gasteiger partial charge >= 0.3 is 5.97 Å². The molecule has 0 spiro atoms. The smallest absolute Gasteiger partial charge is 0.356 e. The summed E-state index contributed by atoms with van der Waals surface area (Å²) < 4.78 is 1.80. The zero-order valence-corrected chi connectivity index (χ0v) is 10.2. The van der Waals surface area contributed by atoms with Crippen molar-refractivity contribution in [2.24, 2.45) is 0 Å². The van der Waals surface area contributed by atoms with E-state index >= 15 is 0 Å². The van der Waals surface area contributed by atoms with E-state index < -0.39 is 5.97 Å². The highest BCUT2D eigenvalue weighted by atomic mass is 16.4. The lowest BCUT2D eigenvalue weighted by atomic mass is 9.89. The summed E-state index contributed by atoms with van der Waals surface area (Å²) in [6.07, 6.45) is 1.65. The number of hydrogen-bond donors (Lipinski definition) is 1. The SMILES string of the molecule is CCn1nc(C(=O)O)c2c1-c1ccccc1CC2. The van der Waals surface area contributed by atoms with Crippen LogP contribution in [-0.2, 0) is 19.4 Å². The largest absolute Gasteiger partial charge is 0.476 e. The minimum atomic E-state index is -0.933. The molecule has 0 radical (unpaired) electrons. The number of carboxylic acids is 1. The minimum absolute atomic E-state index is 0.210. The Morgan fingerprint density at radius 3 is 2.89 bits per heavy atom. The highest BCUT2D eigenvalue weighted by molar-refractivity contribution is 5.90. The van der Waals surface area contributed by atoms with Crippen molar-refractivity contribution in [3.8, 4) is 11.3 Å². The van der Waals surface area contributed by atoms with E-state index in [-0.39, 0.29) is 5.69 Å². The second kappa shape index (κ2) is 3.98. The maximum atomic E-state index is 11.2. The third-order valence-electron chi connectivity index (χ3n) is 3.47. The van der Waals surface area contributed by atoms with E-state index in [1.54, 1.807) is 4.68 Å². The molecular weight excluding hydrogens is 228 g/mol. The maximum absolute atomic E-state index is 11.2. The highest BCUT2D eigenvalue weighted by Crippen LogP contribution is 2.35. The van der Waals surface area contributed by atoms with Crippen molar-refractivity contribution >= 4 is 5.97 Å². The Balaban J connectivity index is 2.29. The van der Waals surface area contributed by atoms with Gasteiger partial charge in [0.2, 0.25) is 0 Å². The van der Waals surface area contributed by atoms with E-state index in [1.165, 1.54) is 5.56 Å². The van der Waals surface area contributed by atoms with E-state index in [0.717, 1.165) is 29.7 Å². The van der Waals surface area contributed by atoms with Crippen LogP contribution >= 0.6 is 0 Å². The average Bonchev–Trinajstić information content (AvgIpc) is 2.78. The third-order valence-corrected chi connectivity index (χ3v) is 3.47. The van der Waals surface area contributed by atoms with Crippen LogP contribution in [0.1, 0.15) is 28.5 Å². The average molecular weight is 242 g/mol. The van der Waals surface area contributed by atoms with Gasteiger partial charge in [0, 0.05) is 17.7 Å². The van der Waals surface area contributed by atoms with Gasteiger partial charge in [-0.1, -0.05) is 24.3 Å². The molecule has 1 N–H and O–H groups in total. The van der Waals surface area contributed by atoms with Gasteiger partial charge in [0.15, 0.2) is 5.69 Å². The Morgan fingerprint density at radius 1 is 1.39 bits per heavy atom. The summed E-state index contributed by atoms with van der Waals surface area (Å²) in [5.74, 6) is -0.933. The molecule has 2 aromatic rings. The lowest BCUT2D eigenvalue weighted by Crippen LogP contribution is -2.08. The molecule has 3 rings (SSSR count). The fourth-order valence-electron chi connectivity index (χ4n) is 2.67. The fourth-order valence-corrected chi connectivity index (χ4v) is 2.67. The quantitative estimate of drug-likeness (QED) is 0.879. The van der Waals surface area contributed by atoms with Crippen LogP contribution in [0.25, 0.3) is 11.3 Å². The molecule has 1 aromatic heterocycles. The number of aromatic nitrogens is 2. The van der Waals surface area contributed by atoms with Crippen molar-refractivity contribution in [3.63, 3.8) is 0 Å². The first-order chi connectivity index (χ1) is 8.72. The van der Waals surface area contributed by atoms with Crippen LogP contribution < -0.4 is 0 Å². The summed E-state index contributed by atoms with van der Waals surface area (Å²) >= 11 is 0. The van der Waals surface area contributed by atoms with Crippen LogP contribution in [0.3, 0.4) is 0 Å². The first-order valence-electron chi connectivity index (χ1n) is 6.13. The van der Waals surface area contributed by atoms with Crippen molar-refractivity contribution < 1.29 is 9.90 Å². The highest BCUT2D eigenvalue weighted by Gasteiger charge is 2.27. The standard InChI is InChI=1S/C14H14N2O2/c1-2-16-13-10-6-4-3-5-9(10)7-8-11(13)12(15-16)14(17)18/h3-6H,2,7-8H2,1H3,(H,17,18). The molecule has 0 bridgehead atoms. The predicted molar refractivity (Wildman–Crippen MR) is 67.7 cm³/mol. The number of aryl methyl sites for hydroxylation is 2. The van der Waals surface area contributed by atoms with Crippen molar-refractivity contribution in [3.05, 3.63) is 41.1 Å². The van der Waals surface area contributed by atoms with Crippen LogP contribution in [0.5, 0.6) is 0 Å². The van der Waals surface area contributed by atoms with Crippen molar-refractivity contribution in [2.75, 3.05) is 0 Å². The first kappa shape index (κ1) is 11.0. The summed E-state index contributed by atoms with van der Waals surface area (Å²) in [6.45, 7) is 2.67. The monoisotopic (exact) mass is 242 g/mol. The number of rotatable bonds is 2. The molecule has 4 nitrogen and oxygen atoms in total. The van der Waals surface area contributed by atoms with Crippen LogP contribution in [0, 0.1) is 0 Å². The van der Waals surface area contributed by atoms with Crippen molar-refractivity contribution in [2.45, 2.75) is 26.3 Å². The zero-order valence-electron chi connectivity index (χ0n) is 10.2. The summed E-state index contributed by atoms with van der Waals surface area (Å²) in [5, 5.41) is 13.4. The molecule has 1 aliphatic rings. The number of nitrogens with zero attached hydrogens (tertiary/aromatic N) is 2. The molecule has 0 unspecified atom stereocenters. The predicted octanol–water partition coefficient (Wildman–Crippen LogP) is 2.37. The normalized spacial score (nSPS) is 12.9. The van der Waals surface area contributed by atoms with Gasteiger partial charge in [-0.2, -0.15) is 5.10 Å². The molecule has 0 amide bonds. The number of carboxylic acid groups (broad SMARTS) is 1. The summed E-state index contributed by atoms with van der Waals surface area (Å²) in [6, 6.07) is 8.16. The molecule has 0 aliphatic heterocycles. The van der Waals surface area contributed by atoms with Crippen molar-refractivity contribution in [1.82, 2.24) is 9.78 Å².